The van der Waals surface area contributed by atoms with E-state index in [1.165, 1.54) is 6.07 Å². The number of nitrogens with zero attached hydrogens (tertiary/aromatic N) is 1. The maximum atomic E-state index is 13.6. The second-order valence-electron chi connectivity index (χ2n) is 8.22. The fourth-order valence-electron chi connectivity index (χ4n) is 4.08. The number of hydrogen-bond acceptors (Lipinski definition) is 5. The van der Waals surface area contributed by atoms with Crippen molar-refractivity contribution in [3.8, 4) is 0 Å². The van der Waals surface area contributed by atoms with E-state index in [1.807, 2.05) is 35.6 Å². The maximum absolute atomic E-state index is 13.6. The number of aryl methyl sites for hydroxylation is 1. The average molecular weight is 568 g/mol. The molecular formula is C24H23F2IN2O4. The summed E-state index contributed by atoms with van der Waals surface area (Å²) < 4.78 is 33.8. The summed E-state index contributed by atoms with van der Waals surface area (Å²) in [4.78, 5) is 26.3. The first-order chi connectivity index (χ1) is 15.7. The van der Waals surface area contributed by atoms with Gasteiger partial charge in [0.2, 0.25) is 11.3 Å². The molecular weight excluding hydrogens is 545 g/mol. The Morgan fingerprint density at radius 2 is 1.94 bits per heavy atom. The van der Waals surface area contributed by atoms with E-state index >= 15 is 0 Å². The number of alkyl halides is 2. The third-order valence-electron chi connectivity index (χ3n) is 5.79. The van der Waals surface area contributed by atoms with Gasteiger partial charge in [-0.1, -0.05) is 18.2 Å². The van der Waals surface area contributed by atoms with Crippen LogP contribution in [0.4, 0.5) is 20.4 Å². The Bertz CT molecular complexity index is 1270. The van der Waals surface area contributed by atoms with Crippen molar-refractivity contribution in [1.29, 1.82) is 0 Å². The second kappa shape index (κ2) is 9.28. The van der Waals surface area contributed by atoms with E-state index in [1.54, 1.807) is 29.2 Å². The van der Waals surface area contributed by atoms with Gasteiger partial charge >= 0.3 is 5.97 Å². The van der Waals surface area contributed by atoms with Crippen molar-refractivity contribution in [1.82, 2.24) is 0 Å². The van der Waals surface area contributed by atoms with Crippen molar-refractivity contribution in [3.05, 3.63) is 66.9 Å². The second-order valence-corrected chi connectivity index (χ2v) is 9.30. The number of benzene rings is 2. The van der Waals surface area contributed by atoms with Gasteiger partial charge in [-0.05, 0) is 65.3 Å². The summed E-state index contributed by atoms with van der Waals surface area (Å²) in [5, 5.41) is 13.0. The maximum Gasteiger partial charge on any atom is 0.337 e. The van der Waals surface area contributed by atoms with E-state index in [-0.39, 0.29) is 36.9 Å². The molecule has 6 nitrogen and oxygen atoms in total. The van der Waals surface area contributed by atoms with Crippen LogP contribution < -0.4 is 15.6 Å². The monoisotopic (exact) mass is 568 g/mol. The number of aromatic carboxylic acids is 1. The Balaban J connectivity index is 1.65. The number of rotatable bonds is 6. The molecule has 0 aliphatic carbocycles. The third-order valence-corrected chi connectivity index (χ3v) is 6.74. The number of piperidine rings is 1. The van der Waals surface area contributed by atoms with Crippen molar-refractivity contribution in [2.24, 2.45) is 0 Å². The van der Waals surface area contributed by atoms with E-state index in [0.717, 1.165) is 11.1 Å². The smallest absolute Gasteiger partial charge is 0.337 e. The lowest BCUT2D eigenvalue weighted by Gasteiger charge is -2.32. The molecule has 1 aromatic heterocycles. The molecule has 1 fully saturated rings. The van der Waals surface area contributed by atoms with Crippen LogP contribution >= 0.6 is 22.6 Å². The molecule has 2 aromatic carbocycles. The van der Waals surface area contributed by atoms with E-state index in [2.05, 4.69) is 5.32 Å². The van der Waals surface area contributed by atoms with Gasteiger partial charge < -0.3 is 19.7 Å². The first-order valence-electron chi connectivity index (χ1n) is 10.6. The molecule has 0 radical (unpaired) electrons. The van der Waals surface area contributed by atoms with Gasteiger partial charge in [0, 0.05) is 38.2 Å². The third kappa shape index (κ3) is 4.97. The van der Waals surface area contributed by atoms with Crippen LogP contribution in [0, 0.1) is 10.5 Å². The predicted molar refractivity (Wildman–Crippen MR) is 132 cm³/mol. The first-order valence-corrected chi connectivity index (χ1v) is 11.7. The van der Waals surface area contributed by atoms with Crippen LogP contribution in [-0.2, 0) is 6.42 Å². The summed E-state index contributed by atoms with van der Waals surface area (Å²) in [5.41, 5.74) is 2.63. The number of para-hydroxylation sites is 1. The van der Waals surface area contributed by atoms with Crippen LogP contribution in [-0.4, -0.2) is 36.6 Å². The number of hydrogen-bond donors (Lipinski definition) is 2. The van der Waals surface area contributed by atoms with Crippen LogP contribution in [0.2, 0.25) is 0 Å². The quantitative estimate of drug-likeness (QED) is 0.394. The van der Waals surface area contributed by atoms with Crippen LogP contribution in [0.5, 0.6) is 0 Å². The molecule has 0 bridgehead atoms. The highest BCUT2D eigenvalue weighted by atomic mass is 127. The SMILES string of the molecule is Cc1cc(CCNc2ccccc2C(=O)O)c2oc(N3CCC(F)(F)CC3)c(I)c(=O)c2c1. The van der Waals surface area contributed by atoms with Crippen LogP contribution in [0.15, 0.2) is 45.6 Å². The number of halogens is 3. The lowest BCUT2D eigenvalue weighted by Crippen LogP contribution is -2.40. The number of fused-ring (bicyclic) bond motifs is 1. The molecule has 2 N–H and O–H groups in total. The molecule has 1 aliphatic rings. The largest absolute Gasteiger partial charge is 0.478 e. The molecule has 0 amide bonds. The number of carbonyl (C=O) groups is 1. The molecule has 0 unspecified atom stereocenters. The number of carboxylic acid groups (broad SMARTS) is 1. The summed E-state index contributed by atoms with van der Waals surface area (Å²) in [7, 11) is 0. The molecule has 1 aliphatic heterocycles. The molecule has 0 spiro atoms. The molecule has 9 heteroatoms. The zero-order valence-corrected chi connectivity index (χ0v) is 20.1. The highest BCUT2D eigenvalue weighted by molar-refractivity contribution is 14.1. The number of nitrogens with one attached hydrogen (secondary N) is 1. The van der Waals surface area contributed by atoms with Crippen molar-refractivity contribution in [2.45, 2.75) is 32.1 Å². The predicted octanol–water partition coefficient (Wildman–Crippen LogP) is 5.29. The minimum atomic E-state index is -2.70. The molecule has 2 heterocycles. The minimum absolute atomic E-state index is 0.117. The van der Waals surface area contributed by atoms with Gasteiger partial charge in [0.25, 0.3) is 5.92 Å². The van der Waals surface area contributed by atoms with Crippen LogP contribution in [0.1, 0.15) is 34.3 Å². The zero-order chi connectivity index (χ0) is 23.8. The van der Waals surface area contributed by atoms with Gasteiger partial charge in [-0.15, -0.1) is 0 Å². The van der Waals surface area contributed by atoms with Crippen molar-refractivity contribution < 1.29 is 23.1 Å². The van der Waals surface area contributed by atoms with Crippen molar-refractivity contribution in [2.75, 3.05) is 29.9 Å². The lowest BCUT2D eigenvalue weighted by molar-refractivity contribution is -0.0225. The molecule has 0 atom stereocenters. The summed E-state index contributed by atoms with van der Waals surface area (Å²) >= 11 is 1.93. The normalized spacial score (nSPS) is 15.6. The minimum Gasteiger partial charge on any atom is -0.478 e. The molecule has 174 valence electrons. The summed E-state index contributed by atoms with van der Waals surface area (Å²) in [6.07, 6.45) is -0.0792. The van der Waals surface area contributed by atoms with Crippen LogP contribution in [0.25, 0.3) is 11.0 Å². The van der Waals surface area contributed by atoms with Crippen molar-refractivity contribution >= 4 is 51.1 Å². The Hall–Kier alpha value is -2.69. The standard InChI is InChI=1S/C24H23F2IN2O4/c1-14-12-15(6-9-28-18-5-3-2-4-16(18)23(31)32)21-17(13-14)20(30)19(27)22(33-21)29-10-7-24(25,26)8-11-29/h2-5,12-13,28H,6-11H2,1H3,(H,31,32). The fraction of sp³-hybridized carbons (Fsp3) is 0.333. The fourth-order valence-corrected chi connectivity index (χ4v) is 4.82. The Labute approximate surface area is 202 Å². The Morgan fingerprint density at radius 3 is 2.64 bits per heavy atom. The highest BCUT2D eigenvalue weighted by Crippen LogP contribution is 2.34. The molecule has 3 aromatic rings. The van der Waals surface area contributed by atoms with Gasteiger partial charge in [0.15, 0.2) is 0 Å². The Kier molecular flexibility index (Phi) is 6.60. The lowest BCUT2D eigenvalue weighted by atomic mass is 10.0. The summed E-state index contributed by atoms with van der Waals surface area (Å²) in [6.45, 7) is 2.55. The number of carboxylic acids is 1. The van der Waals surface area contributed by atoms with Gasteiger partial charge in [-0.2, -0.15) is 0 Å². The van der Waals surface area contributed by atoms with Gasteiger partial charge in [-0.3, -0.25) is 4.79 Å². The average Bonchev–Trinajstić information content (AvgIpc) is 2.77. The highest BCUT2D eigenvalue weighted by Gasteiger charge is 2.35. The van der Waals surface area contributed by atoms with Gasteiger partial charge in [0.1, 0.15) is 9.15 Å². The molecule has 1 saturated heterocycles. The zero-order valence-electron chi connectivity index (χ0n) is 18.0. The first kappa shape index (κ1) is 23.5. The van der Waals surface area contributed by atoms with Gasteiger partial charge in [-0.25, -0.2) is 13.6 Å². The number of anilines is 2. The van der Waals surface area contributed by atoms with Crippen molar-refractivity contribution in [3.63, 3.8) is 0 Å². The molecule has 33 heavy (non-hydrogen) atoms. The molecule has 0 saturated carbocycles. The molecule has 4 rings (SSSR count). The van der Waals surface area contributed by atoms with E-state index in [0.29, 0.717) is 39.1 Å². The summed E-state index contributed by atoms with van der Waals surface area (Å²) in [5.74, 6) is -3.38. The topological polar surface area (TPSA) is 82.8 Å². The Morgan fingerprint density at radius 1 is 1.24 bits per heavy atom. The van der Waals surface area contributed by atoms with E-state index < -0.39 is 11.9 Å². The van der Waals surface area contributed by atoms with Gasteiger partial charge in [0.05, 0.1) is 10.9 Å². The van der Waals surface area contributed by atoms with E-state index in [4.69, 9.17) is 4.42 Å². The van der Waals surface area contributed by atoms with E-state index in [9.17, 15) is 23.5 Å². The van der Waals surface area contributed by atoms with Crippen LogP contribution in [0.3, 0.4) is 0 Å². The summed E-state index contributed by atoms with van der Waals surface area (Å²) in [6, 6.07) is 10.3.